The van der Waals surface area contributed by atoms with Crippen LogP contribution in [-0.2, 0) is 4.79 Å². The Hall–Kier alpha value is -2.07. The van der Waals surface area contributed by atoms with Gasteiger partial charge in [-0.05, 0) is 30.7 Å². The SMILES string of the molecule is CCC(=O)NC1(Cl)C=CC(c2nc3cc(C)ccc3o2)=CC1. The number of carbonyl (C=O) groups excluding carboxylic acids is 1. The Morgan fingerprint density at radius 3 is 3.00 bits per heavy atom. The number of aryl methyl sites for hydroxylation is 1. The lowest BCUT2D eigenvalue weighted by Crippen LogP contribution is -2.42. The van der Waals surface area contributed by atoms with Crippen LogP contribution < -0.4 is 5.32 Å². The molecule has 5 heteroatoms. The zero-order chi connectivity index (χ0) is 15.7. The van der Waals surface area contributed by atoms with Gasteiger partial charge >= 0.3 is 0 Å². The number of benzene rings is 1. The number of aromatic nitrogens is 1. The summed E-state index contributed by atoms with van der Waals surface area (Å²) in [4.78, 5) is 15.1. The molecule has 1 N–H and O–H groups in total. The van der Waals surface area contributed by atoms with E-state index in [4.69, 9.17) is 16.0 Å². The van der Waals surface area contributed by atoms with Crippen LogP contribution in [0.25, 0.3) is 16.7 Å². The van der Waals surface area contributed by atoms with Crippen LogP contribution in [0.15, 0.2) is 40.8 Å². The number of nitrogens with one attached hydrogen (secondary N) is 1. The Bertz CT molecular complexity index is 791. The first kappa shape index (κ1) is 14.9. The second kappa shape index (κ2) is 5.61. The predicted octanol–water partition coefficient (Wildman–Crippen LogP) is 3.94. The van der Waals surface area contributed by atoms with Crippen LogP contribution >= 0.6 is 11.6 Å². The lowest BCUT2D eigenvalue weighted by Gasteiger charge is -2.26. The van der Waals surface area contributed by atoms with Crippen molar-refractivity contribution in [3.63, 3.8) is 0 Å². The van der Waals surface area contributed by atoms with E-state index in [0.717, 1.165) is 22.2 Å². The van der Waals surface area contributed by atoms with Crippen molar-refractivity contribution >= 4 is 34.2 Å². The van der Waals surface area contributed by atoms with E-state index in [1.54, 1.807) is 13.0 Å². The van der Waals surface area contributed by atoms with Crippen molar-refractivity contribution in [3.8, 4) is 0 Å². The Kier molecular flexibility index (Phi) is 3.79. The van der Waals surface area contributed by atoms with Gasteiger partial charge in [0.25, 0.3) is 0 Å². The van der Waals surface area contributed by atoms with Crippen molar-refractivity contribution in [2.75, 3.05) is 0 Å². The molecule has 1 atom stereocenters. The van der Waals surface area contributed by atoms with Crippen molar-refractivity contribution in [2.45, 2.75) is 31.7 Å². The number of carbonyl (C=O) groups is 1. The van der Waals surface area contributed by atoms with Crippen LogP contribution in [0.5, 0.6) is 0 Å². The zero-order valence-electron chi connectivity index (χ0n) is 12.5. The lowest BCUT2D eigenvalue weighted by atomic mass is 10.0. The van der Waals surface area contributed by atoms with Crippen molar-refractivity contribution in [2.24, 2.45) is 0 Å². The highest BCUT2D eigenvalue weighted by Gasteiger charge is 2.27. The fraction of sp³-hybridized carbons (Fsp3) is 0.294. The summed E-state index contributed by atoms with van der Waals surface area (Å²) in [5.41, 5.74) is 3.61. The molecule has 0 aliphatic heterocycles. The maximum atomic E-state index is 11.5. The molecule has 3 rings (SSSR count). The number of hydrogen-bond acceptors (Lipinski definition) is 3. The van der Waals surface area contributed by atoms with Gasteiger partial charge in [0.2, 0.25) is 11.8 Å². The molecule has 0 spiro atoms. The van der Waals surface area contributed by atoms with Crippen molar-refractivity contribution in [1.29, 1.82) is 0 Å². The maximum absolute atomic E-state index is 11.5. The average Bonchev–Trinajstić information content (AvgIpc) is 2.90. The molecule has 0 radical (unpaired) electrons. The van der Waals surface area contributed by atoms with Crippen LogP contribution in [-0.4, -0.2) is 15.9 Å². The monoisotopic (exact) mass is 316 g/mol. The van der Waals surface area contributed by atoms with Crippen molar-refractivity contribution in [3.05, 3.63) is 47.9 Å². The number of oxazole rings is 1. The fourth-order valence-corrected chi connectivity index (χ4v) is 2.59. The van der Waals surface area contributed by atoms with E-state index in [0.29, 0.717) is 18.7 Å². The summed E-state index contributed by atoms with van der Waals surface area (Å²) in [5.74, 6) is 0.492. The van der Waals surface area contributed by atoms with Crippen molar-refractivity contribution in [1.82, 2.24) is 10.3 Å². The highest BCUT2D eigenvalue weighted by atomic mass is 35.5. The highest BCUT2D eigenvalue weighted by molar-refractivity contribution is 6.26. The maximum Gasteiger partial charge on any atom is 0.226 e. The first-order valence-electron chi connectivity index (χ1n) is 7.26. The first-order valence-corrected chi connectivity index (χ1v) is 7.64. The molecule has 1 aliphatic carbocycles. The van der Waals surface area contributed by atoms with Gasteiger partial charge in [-0.2, -0.15) is 0 Å². The van der Waals surface area contributed by atoms with Gasteiger partial charge < -0.3 is 9.73 Å². The van der Waals surface area contributed by atoms with Gasteiger partial charge in [-0.15, -0.1) is 0 Å². The van der Waals surface area contributed by atoms with Gasteiger partial charge in [0.05, 0.1) is 0 Å². The molecule has 1 unspecified atom stereocenters. The van der Waals surface area contributed by atoms with Crippen LogP contribution in [0.4, 0.5) is 0 Å². The number of fused-ring (bicyclic) bond motifs is 1. The molecule has 2 aromatic rings. The second-order valence-corrected chi connectivity index (χ2v) is 6.13. The first-order chi connectivity index (χ1) is 10.5. The van der Waals surface area contributed by atoms with Gasteiger partial charge in [0.1, 0.15) is 10.5 Å². The molecule has 114 valence electrons. The third-order valence-corrected chi connectivity index (χ3v) is 3.98. The summed E-state index contributed by atoms with van der Waals surface area (Å²) in [6.07, 6.45) is 6.44. The molecule has 1 heterocycles. The van der Waals surface area contributed by atoms with E-state index in [2.05, 4.69) is 10.3 Å². The van der Waals surface area contributed by atoms with E-state index >= 15 is 0 Å². The fourth-order valence-electron chi connectivity index (χ4n) is 2.35. The van der Waals surface area contributed by atoms with Gasteiger partial charge in [0.15, 0.2) is 5.58 Å². The average molecular weight is 317 g/mol. The van der Waals surface area contributed by atoms with Gasteiger partial charge in [0, 0.05) is 18.4 Å². The molecule has 1 aromatic carbocycles. The minimum Gasteiger partial charge on any atom is -0.436 e. The molecule has 4 nitrogen and oxygen atoms in total. The molecular formula is C17H17ClN2O2. The van der Waals surface area contributed by atoms with Crippen LogP contribution in [0.3, 0.4) is 0 Å². The third-order valence-electron chi connectivity index (χ3n) is 3.60. The number of amides is 1. The minimum absolute atomic E-state index is 0.0752. The van der Waals surface area contributed by atoms with E-state index in [9.17, 15) is 4.79 Å². The van der Waals surface area contributed by atoms with Crippen LogP contribution in [0, 0.1) is 6.92 Å². The minimum atomic E-state index is -0.862. The molecule has 22 heavy (non-hydrogen) atoms. The number of hydrogen-bond donors (Lipinski definition) is 1. The molecule has 0 bridgehead atoms. The summed E-state index contributed by atoms with van der Waals surface area (Å²) in [6, 6.07) is 5.90. The summed E-state index contributed by atoms with van der Waals surface area (Å²) in [5, 5.41) is 2.80. The van der Waals surface area contributed by atoms with E-state index in [1.165, 1.54) is 0 Å². The van der Waals surface area contributed by atoms with Gasteiger partial charge in [-0.1, -0.05) is 36.7 Å². The molecular weight excluding hydrogens is 300 g/mol. The zero-order valence-corrected chi connectivity index (χ0v) is 13.3. The van der Waals surface area contributed by atoms with Gasteiger partial charge in [-0.25, -0.2) is 4.98 Å². The van der Waals surface area contributed by atoms with Crippen LogP contribution in [0.1, 0.15) is 31.2 Å². The topological polar surface area (TPSA) is 55.1 Å². The smallest absolute Gasteiger partial charge is 0.226 e. The quantitative estimate of drug-likeness (QED) is 0.689. The molecule has 0 saturated heterocycles. The molecule has 0 fully saturated rings. The second-order valence-electron chi connectivity index (χ2n) is 5.45. The Labute approximate surface area is 133 Å². The van der Waals surface area contributed by atoms with E-state index in [-0.39, 0.29) is 5.91 Å². The number of alkyl halides is 1. The molecule has 1 amide bonds. The Balaban J connectivity index is 1.83. The summed E-state index contributed by atoms with van der Waals surface area (Å²) >= 11 is 6.39. The summed E-state index contributed by atoms with van der Waals surface area (Å²) < 4.78 is 5.77. The van der Waals surface area contributed by atoms with E-state index in [1.807, 2.05) is 37.3 Å². The molecule has 1 aliphatic rings. The Morgan fingerprint density at radius 2 is 2.32 bits per heavy atom. The molecule has 1 aromatic heterocycles. The van der Waals surface area contributed by atoms with Crippen molar-refractivity contribution < 1.29 is 9.21 Å². The number of halogens is 1. The number of rotatable bonds is 3. The summed E-state index contributed by atoms with van der Waals surface area (Å²) in [7, 11) is 0. The van der Waals surface area contributed by atoms with Gasteiger partial charge in [-0.3, -0.25) is 4.79 Å². The Morgan fingerprint density at radius 1 is 1.50 bits per heavy atom. The third kappa shape index (κ3) is 2.92. The largest absolute Gasteiger partial charge is 0.436 e. The number of nitrogens with zero attached hydrogens (tertiary/aromatic N) is 1. The highest BCUT2D eigenvalue weighted by Crippen LogP contribution is 2.31. The number of allylic oxidation sites excluding steroid dienone is 2. The normalized spacial score (nSPS) is 21.0. The predicted molar refractivity (Wildman–Crippen MR) is 87.5 cm³/mol. The van der Waals surface area contributed by atoms with Crippen LogP contribution in [0.2, 0.25) is 0 Å². The summed E-state index contributed by atoms with van der Waals surface area (Å²) in [6.45, 7) is 3.82. The standard InChI is InChI=1S/C17H17ClN2O2/c1-3-15(21)20-17(18)8-6-12(7-9-17)16-19-13-10-11(2)4-5-14(13)22-16/h4-8,10H,3,9H2,1-2H3,(H,20,21). The lowest BCUT2D eigenvalue weighted by molar-refractivity contribution is -0.121. The molecule has 0 saturated carbocycles. The van der Waals surface area contributed by atoms with E-state index < -0.39 is 5.00 Å².